The molecule has 0 fully saturated rings. The second-order valence-corrected chi connectivity index (χ2v) is 10.6. The third-order valence-corrected chi connectivity index (χ3v) is 7.31. The molecule has 6 rings (SSSR count). The fraction of sp³-hybridized carbons (Fsp3) is 0. The van der Waals surface area contributed by atoms with Gasteiger partial charge in [-0.2, -0.15) is 0 Å². The Balaban J connectivity index is 0.000000208. The molecule has 0 amide bonds. The van der Waals surface area contributed by atoms with Gasteiger partial charge in [0.15, 0.2) is 17.3 Å². The number of carboxylic acid groups (broad SMARTS) is 3. The van der Waals surface area contributed by atoms with E-state index in [0.717, 1.165) is 0 Å². The summed E-state index contributed by atoms with van der Waals surface area (Å²) in [5.41, 5.74) is 2.19. The molecule has 0 aliphatic heterocycles. The number of carboxylic acids is 3. The van der Waals surface area contributed by atoms with Crippen molar-refractivity contribution in [2.45, 2.75) is 0 Å². The van der Waals surface area contributed by atoms with Gasteiger partial charge in [0.1, 0.15) is 0 Å². The van der Waals surface area contributed by atoms with E-state index in [1.807, 2.05) is 0 Å². The molecule has 6 aromatic carbocycles. The van der Waals surface area contributed by atoms with E-state index in [2.05, 4.69) is 0 Å². The van der Waals surface area contributed by atoms with Gasteiger partial charge in [-0.15, -0.1) is 0 Å². The van der Waals surface area contributed by atoms with E-state index < -0.39 is 17.9 Å². The Morgan fingerprint density at radius 1 is 0.269 bits per heavy atom. The molecule has 0 unspecified atom stereocenters. The van der Waals surface area contributed by atoms with Gasteiger partial charge in [0.05, 0.1) is 16.7 Å². The van der Waals surface area contributed by atoms with Crippen LogP contribution in [0.25, 0.3) is 0 Å². The average molecular weight is 818 g/mol. The van der Waals surface area contributed by atoms with Gasteiger partial charge < -0.3 is 15.3 Å². The Bertz CT molecular complexity index is 1930. The molecule has 9 nitrogen and oxygen atoms in total. The third kappa shape index (κ3) is 10.7. The van der Waals surface area contributed by atoms with Crippen LogP contribution in [0.15, 0.2) is 164 Å². The summed E-state index contributed by atoms with van der Waals surface area (Å²) < 4.78 is 0. The molecular weight excluding hydrogens is 787 g/mol. The number of benzene rings is 6. The van der Waals surface area contributed by atoms with E-state index in [1.54, 1.807) is 127 Å². The van der Waals surface area contributed by atoms with E-state index >= 15 is 0 Å². The zero-order valence-corrected chi connectivity index (χ0v) is 31.1. The quantitative estimate of drug-likeness (QED) is 0.123. The van der Waals surface area contributed by atoms with E-state index in [0.29, 0.717) is 16.7 Å². The first-order valence-corrected chi connectivity index (χ1v) is 15.4. The summed E-state index contributed by atoms with van der Waals surface area (Å²) in [5, 5.41) is 27.0. The van der Waals surface area contributed by atoms with Crippen LogP contribution in [-0.2, 0) is 0 Å². The van der Waals surface area contributed by atoms with Gasteiger partial charge in [0, 0.05) is 69.0 Å². The van der Waals surface area contributed by atoms with Gasteiger partial charge in [0.2, 0.25) is 0 Å². The minimum atomic E-state index is -1.09. The summed E-state index contributed by atoms with van der Waals surface area (Å²) in [7, 11) is 0. The molecule has 0 saturated carbocycles. The van der Waals surface area contributed by atoms with Crippen molar-refractivity contribution in [3.8, 4) is 0 Å². The predicted octanol–water partition coefficient (Wildman–Crippen LogP) is 7.85. The molecule has 0 aliphatic rings. The van der Waals surface area contributed by atoms with Crippen LogP contribution in [0.4, 0.5) is 0 Å². The fourth-order valence-corrected chi connectivity index (χ4v) is 4.84. The summed E-state index contributed by atoms with van der Waals surface area (Å²) in [6, 6.07) is 44.5. The van der Waals surface area contributed by atoms with Gasteiger partial charge in [0.25, 0.3) is 0 Å². The number of carbonyl (C=O) groups excluding carboxylic acids is 3. The van der Waals surface area contributed by atoms with Gasteiger partial charge in [-0.25, -0.2) is 14.4 Å². The maximum Gasteiger partial charge on any atom is 0.336 e. The van der Waals surface area contributed by atoms with Crippen LogP contribution in [0.1, 0.15) is 78.8 Å². The third-order valence-electron chi connectivity index (χ3n) is 7.31. The first-order chi connectivity index (χ1) is 24.6. The largest absolute Gasteiger partial charge is 0.478 e. The zero-order chi connectivity index (χ0) is 36.8. The molecule has 0 bridgehead atoms. The molecule has 0 aliphatic carbocycles. The zero-order valence-electron chi connectivity index (χ0n) is 27.5. The van der Waals surface area contributed by atoms with Crippen LogP contribution in [0, 0.1) is 35.6 Å². The molecule has 0 atom stereocenters. The summed E-state index contributed by atoms with van der Waals surface area (Å²) in [6.07, 6.45) is 0. The van der Waals surface area contributed by atoms with Crippen molar-refractivity contribution < 1.29 is 79.7 Å². The number of rotatable bonds is 9. The van der Waals surface area contributed by atoms with Crippen LogP contribution in [0.5, 0.6) is 0 Å². The molecule has 52 heavy (non-hydrogen) atoms. The first kappa shape index (κ1) is 40.4. The predicted molar refractivity (Wildman–Crippen MR) is 190 cm³/mol. The Hall–Kier alpha value is -6.07. The van der Waals surface area contributed by atoms with Crippen LogP contribution in [0.2, 0.25) is 0 Å². The Kier molecular flexibility index (Phi) is 15.5. The molecule has 0 heterocycles. The van der Waals surface area contributed by atoms with Crippen molar-refractivity contribution in [1.29, 1.82) is 0 Å². The number of aromatic carboxylic acids is 3. The maximum absolute atomic E-state index is 12.1. The van der Waals surface area contributed by atoms with Crippen molar-refractivity contribution in [1.82, 2.24) is 0 Å². The van der Waals surface area contributed by atoms with Crippen molar-refractivity contribution in [3.05, 3.63) is 214 Å². The number of hydrogen-bond acceptors (Lipinski definition) is 6. The second kappa shape index (κ2) is 20.0. The smallest absolute Gasteiger partial charge is 0.336 e. The SMILES string of the molecule is O=C(O)c1ccccc1C(=O)c1ccccc1.O=C(O)c1ccccc1C(=O)c1ccccc1.O=C(O)c1ccccc1C(=O)c1ccccc1.[La]. The molecule has 255 valence electrons. The van der Waals surface area contributed by atoms with E-state index in [4.69, 9.17) is 15.3 Å². The first-order valence-electron chi connectivity index (χ1n) is 15.4. The molecule has 10 heteroatoms. The maximum atomic E-state index is 12.1. The topological polar surface area (TPSA) is 163 Å². The Morgan fingerprint density at radius 2 is 0.442 bits per heavy atom. The standard InChI is InChI=1S/3C14H10O3.La/c3*15-13(10-6-2-1-3-7-10)11-8-4-5-9-12(11)14(16)17;/h3*1-9H,(H,16,17);. The van der Waals surface area contributed by atoms with Crippen LogP contribution < -0.4 is 0 Å². The summed E-state index contributed by atoms with van der Waals surface area (Å²) in [5.74, 6) is -4.10. The fourth-order valence-electron chi connectivity index (χ4n) is 4.84. The summed E-state index contributed by atoms with van der Waals surface area (Å²) >= 11 is 0. The van der Waals surface area contributed by atoms with Gasteiger partial charge in [-0.3, -0.25) is 14.4 Å². The van der Waals surface area contributed by atoms with Crippen LogP contribution >= 0.6 is 0 Å². The van der Waals surface area contributed by atoms with Crippen molar-refractivity contribution in [2.24, 2.45) is 0 Å². The van der Waals surface area contributed by atoms with E-state index in [1.165, 1.54) is 36.4 Å². The Labute approximate surface area is 326 Å². The molecular formula is C42H30LaO9. The van der Waals surface area contributed by atoms with Crippen molar-refractivity contribution >= 4 is 35.3 Å². The number of carbonyl (C=O) groups is 6. The molecule has 0 spiro atoms. The van der Waals surface area contributed by atoms with Crippen LogP contribution in [-0.4, -0.2) is 50.6 Å². The van der Waals surface area contributed by atoms with E-state index in [9.17, 15) is 28.8 Å². The summed E-state index contributed by atoms with van der Waals surface area (Å²) in [4.78, 5) is 69.3. The molecule has 0 saturated heterocycles. The van der Waals surface area contributed by atoms with Gasteiger partial charge in [-0.1, -0.05) is 146 Å². The van der Waals surface area contributed by atoms with Crippen molar-refractivity contribution in [2.75, 3.05) is 0 Å². The minimum Gasteiger partial charge on any atom is -0.478 e. The number of hydrogen-bond donors (Lipinski definition) is 3. The van der Waals surface area contributed by atoms with Gasteiger partial charge in [-0.05, 0) is 18.2 Å². The molecule has 0 aromatic heterocycles. The number of ketones is 3. The monoisotopic (exact) mass is 817 g/mol. The minimum absolute atomic E-state index is 0. The van der Waals surface area contributed by atoms with E-state index in [-0.39, 0.29) is 86.3 Å². The van der Waals surface area contributed by atoms with Crippen LogP contribution in [0.3, 0.4) is 0 Å². The Morgan fingerprint density at radius 3 is 0.635 bits per heavy atom. The molecule has 3 N–H and O–H groups in total. The van der Waals surface area contributed by atoms with Gasteiger partial charge >= 0.3 is 17.9 Å². The normalized spacial score (nSPS) is 9.69. The van der Waals surface area contributed by atoms with Crippen molar-refractivity contribution in [3.63, 3.8) is 0 Å². The summed E-state index contributed by atoms with van der Waals surface area (Å²) in [6.45, 7) is 0. The molecule has 6 aromatic rings. The average Bonchev–Trinajstić information content (AvgIpc) is 3.18. The molecule has 1 radical (unpaired) electrons. The second-order valence-electron chi connectivity index (χ2n) is 10.6.